The number of benzene rings is 1. The van der Waals surface area contributed by atoms with Gasteiger partial charge in [0.05, 0.1) is 15.1 Å². The molecule has 2 N–H and O–H groups in total. The Bertz CT molecular complexity index is 620. The van der Waals surface area contributed by atoms with Gasteiger partial charge in [0.25, 0.3) is 0 Å². The number of nitrogens with zero attached hydrogens (tertiary/aromatic N) is 1. The average Bonchev–Trinajstić information content (AvgIpc) is 2.71. The van der Waals surface area contributed by atoms with Gasteiger partial charge in [0.2, 0.25) is 5.66 Å². The van der Waals surface area contributed by atoms with E-state index in [1.165, 1.54) is 0 Å². The predicted octanol–water partition coefficient (Wildman–Crippen LogP) is 2.52. The first kappa shape index (κ1) is 15.8. The highest BCUT2D eigenvalue weighted by molar-refractivity contribution is 8.02. The zero-order chi connectivity index (χ0) is 16.1. The van der Waals surface area contributed by atoms with Gasteiger partial charge < -0.3 is 9.64 Å². The number of thiocarbonyl (C=S) groups is 1. The average molecular weight is 336 g/mol. The molecule has 3 rings (SSSR count). The minimum Gasteiger partial charge on any atom is -0.458 e. The Morgan fingerprint density at radius 1 is 1.41 bits per heavy atom. The first-order chi connectivity index (χ1) is 10.3. The van der Waals surface area contributed by atoms with E-state index < -0.39 is 16.4 Å². The first-order valence-corrected chi connectivity index (χ1v) is 8.59. The van der Waals surface area contributed by atoms with E-state index in [0.717, 1.165) is 10.6 Å². The Balaban J connectivity index is 1.79. The van der Waals surface area contributed by atoms with Crippen molar-refractivity contribution in [2.24, 2.45) is 11.7 Å². The normalized spacial score (nSPS) is 32.4. The van der Waals surface area contributed by atoms with Gasteiger partial charge in [-0.05, 0) is 19.4 Å². The minimum absolute atomic E-state index is 0.164. The van der Waals surface area contributed by atoms with Crippen LogP contribution in [0.1, 0.15) is 26.3 Å². The van der Waals surface area contributed by atoms with E-state index in [2.05, 4.69) is 6.92 Å². The van der Waals surface area contributed by atoms with Gasteiger partial charge in [0.1, 0.15) is 6.61 Å². The lowest BCUT2D eigenvalue weighted by Crippen LogP contribution is -2.74. The fourth-order valence-electron chi connectivity index (χ4n) is 3.00. The van der Waals surface area contributed by atoms with E-state index in [1.807, 2.05) is 49.1 Å². The molecular formula is C16H20N2O2S2. The van der Waals surface area contributed by atoms with Gasteiger partial charge in [-0.1, -0.05) is 49.5 Å². The molecule has 0 unspecified atom stereocenters. The van der Waals surface area contributed by atoms with Crippen LogP contribution in [0, 0.1) is 5.92 Å². The molecule has 1 aromatic rings. The summed E-state index contributed by atoms with van der Waals surface area (Å²) in [6.07, 6.45) is 0. The van der Waals surface area contributed by atoms with E-state index in [0.29, 0.717) is 0 Å². The molecule has 2 aliphatic rings. The molecule has 2 heterocycles. The molecular weight excluding hydrogens is 316 g/mol. The van der Waals surface area contributed by atoms with E-state index in [-0.39, 0.29) is 17.9 Å². The summed E-state index contributed by atoms with van der Waals surface area (Å²) < 4.78 is 5.05. The Hall–Kier alpha value is -1.11. The number of esters is 1. The Labute approximate surface area is 140 Å². The molecule has 3 atom stereocenters. The van der Waals surface area contributed by atoms with Crippen molar-refractivity contribution in [1.29, 1.82) is 0 Å². The van der Waals surface area contributed by atoms with Gasteiger partial charge in [-0.2, -0.15) is 0 Å². The van der Waals surface area contributed by atoms with Crippen LogP contribution < -0.4 is 5.73 Å². The maximum Gasteiger partial charge on any atom is 0.348 e. The number of rotatable bonds is 3. The molecule has 6 heteroatoms. The molecule has 0 radical (unpaired) electrons. The van der Waals surface area contributed by atoms with Gasteiger partial charge in [-0.3, -0.25) is 5.73 Å². The smallest absolute Gasteiger partial charge is 0.348 e. The van der Waals surface area contributed by atoms with Crippen molar-refractivity contribution in [3.63, 3.8) is 0 Å². The number of ether oxygens (including phenoxy) is 1. The standard InChI is InChI=1S/C16H20N2O2S2/c1-10-12(21)18-13(10)22-15(2,3)16(18,17)14(19)20-9-11-7-5-4-6-8-11/h4-8,10,13H,9,17H2,1-3H3/t10-,13-,16+/m1/s1. The van der Waals surface area contributed by atoms with Crippen molar-refractivity contribution in [1.82, 2.24) is 4.90 Å². The number of nitrogens with two attached hydrogens (primary N) is 1. The molecule has 4 nitrogen and oxygen atoms in total. The molecule has 118 valence electrons. The van der Waals surface area contributed by atoms with Crippen molar-refractivity contribution in [2.75, 3.05) is 0 Å². The van der Waals surface area contributed by atoms with Crippen LogP contribution in [-0.4, -0.2) is 31.6 Å². The lowest BCUT2D eigenvalue weighted by molar-refractivity contribution is -0.159. The molecule has 22 heavy (non-hydrogen) atoms. The number of hydrogen-bond donors (Lipinski definition) is 1. The summed E-state index contributed by atoms with van der Waals surface area (Å²) in [7, 11) is 0. The van der Waals surface area contributed by atoms with Crippen LogP contribution in [-0.2, 0) is 16.1 Å². The number of thioether (sulfide) groups is 1. The predicted molar refractivity (Wildman–Crippen MR) is 92.2 cm³/mol. The van der Waals surface area contributed by atoms with Crippen molar-refractivity contribution >= 4 is 34.9 Å². The first-order valence-electron chi connectivity index (χ1n) is 7.30. The molecule has 2 aliphatic heterocycles. The fourth-order valence-corrected chi connectivity index (χ4v) is 5.22. The van der Waals surface area contributed by atoms with Crippen LogP contribution in [0.3, 0.4) is 0 Å². The Morgan fingerprint density at radius 2 is 2.05 bits per heavy atom. The molecule has 0 spiro atoms. The van der Waals surface area contributed by atoms with Crippen molar-refractivity contribution in [3.8, 4) is 0 Å². The summed E-state index contributed by atoms with van der Waals surface area (Å²) in [5.41, 5.74) is 6.26. The van der Waals surface area contributed by atoms with Crippen LogP contribution in [0.2, 0.25) is 0 Å². The second kappa shape index (κ2) is 5.22. The number of carbonyl (C=O) groups is 1. The molecule has 0 bridgehead atoms. The highest BCUT2D eigenvalue weighted by Gasteiger charge is 2.69. The van der Waals surface area contributed by atoms with E-state index in [1.54, 1.807) is 11.8 Å². The van der Waals surface area contributed by atoms with Gasteiger partial charge in [0.15, 0.2) is 0 Å². The fraction of sp³-hybridized carbons (Fsp3) is 0.500. The summed E-state index contributed by atoms with van der Waals surface area (Å²) in [6.45, 7) is 6.26. The molecule has 0 aliphatic carbocycles. The van der Waals surface area contributed by atoms with Crippen LogP contribution in [0.5, 0.6) is 0 Å². The van der Waals surface area contributed by atoms with Crippen molar-refractivity contribution in [3.05, 3.63) is 35.9 Å². The lowest BCUT2D eigenvalue weighted by Gasteiger charge is -2.50. The zero-order valence-corrected chi connectivity index (χ0v) is 14.5. The third-order valence-corrected chi connectivity index (χ3v) is 6.88. The van der Waals surface area contributed by atoms with Crippen LogP contribution >= 0.6 is 24.0 Å². The molecule has 0 saturated carbocycles. The quantitative estimate of drug-likeness (QED) is 0.676. The third kappa shape index (κ3) is 2.08. The summed E-state index contributed by atoms with van der Waals surface area (Å²) in [5.74, 6) is -0.141. The SMILES string of the molecule is C[C@@H]1C(=S)N2[C@@H]1SC(C)(C)[C@]2(N)C(=O)OCc1ccccc1. The topological polar surface area (TPSA) is 55.6 Å². The van der Waals surface area contributed by atoms with E-state index in [4.69, 9.17) is 22.7 Å². The second-order valence-corrected chi connectivity index (χ2v) is 8.50. The Morgan fingerprint density at radius 3 is 2.68 bits per heavy atom. The highest BCUT2D eigenvalue weighted by Crippen LogP contribution is 2.57. The van der Waals surface area contributed by atoms with Crippen LogP contribution in [0.4, 0.5) is 0 Å². The summed E-state index contributed by atoms with van der Waals surface area (Å²) >= 11 is 7.12. The van der Waals surface area contributed by atoms with Crippen molar-refractivity contribution in [2.45, 2.75) is 43.2 Å². The largest absolute Gasteiger partial charge is 0.458 e. The van der Waals surface area contributed by atoms with Crippen LogP contribution in [0.25, 0.3) is 0 Å². The molecule has 2 fully saturated rings. The number of hydrogen-bond acceptors (Lipinski definition) is 5. The Kier molecular flexibility index (Phi) is 3.74. The summed E-state index contributed by atoms with van der Waals surface area (Å²) in [6, 6.07) is 9.60. The molecule has 0 amide bonds. The zero-order valence-electron chi connectivity index (χ0n) is 12.9. The molecule has 1 aromatic carbocycles. The van der Waals surface area contributed by atoms with Crippen LogP contribution in [0.15, 0.2) is 30.3 Å². The second-order valence-electron chi connectivity index (χ2n) is 6.34. The lowest BCUT2D eigenvalue weighted by atomic mass is 9.88. The van der Waals surface area contributed by atoms with Crippen molar-refractivity contribution < 1.29 is 9.53 Å². The minimum atomic E-state index is -1.21. The maximum absolute atomic E-state index is 12.7. The highest BCUT2D eigenvalue weighted by atomic mass is 32.2. The molecule has 0 aromatic heterocycles. The number of fused-ring (bicyclic) bond motifs is 1. The van der Waals surface area contributed by atoms with E-state index >= 15 is 0 Å². The number of carbonyl (C=O) groups excluding carboxylic acids is 1. The summed E-state index contributed by atoms with van der Waals surface area (Å²) in [5, 5.41) is 0.164. The van der Waals surface area contributed by atoms with Gasteiger partial charge in [-0.15, -0.1) is 11.8 Å². The third-order valence-electron chi connectivity index (χ3n) is 4.55. The van der Waals surface area contributed by atoms with Gasteiger partial charge >= 0.3 is 5.97 Å². The van der Waals surface area contributed by atoms with E-state index in [9.17, 15) is 4.79 Å². The summed E-state index contributed by atoms with van der Waals surface area (Å²) in [4.78, 5) is 15.4. The monoisotopic (exact) mass is 336 g/mol. The van der Waals surface area contributed by atoms with Gasteiger partial charge in [-0.25, -0.2) is 4.79 Å². The maximum atomic E-state index is 12.7. The molecule has 2 saturated heterocycles. The van der Waals surface area contributed by atoms with Gasteiger partial charge in [0, 0.05) is 5.92 Å².